The summed E-state index contributed by atoms with van der Waals surface area (Å²) in [6, 6.07) is 22.4. The zero-order valence-electron chi connectivity index (χ0n) is 17.2. The van der Waals surface area contributed by atoms with Crippen LogP contribution in [0.3, 0.4) is 0 Å². The highest BCUT2D eigenvalue weighted by atomic mass is 32.1. The maximum absolute atomic E-state index is 12.7. The second-order valence-electron chi connectivity index (χ2n) is 7.41. The number of hydrogen-bond donors (Lipinski definition) is 2. The minimum absolute atomic E-state index is 0.164. The standard InChI is InChI=1S/C24H19N5O2S/c1-15-9-11-16(12-10-15)14-25-21(30)17-5-4-6-18(13-17)26-23-28-29-22(31)19-7-2-3-8-20(19)27-24(29)32-23/h2-13H,14H2,1H3,(H,25,30)(H,26,28). The van der Waals surface area contributed by atoms with Crippen LogP contribution in [-0.4, -0.2) is 20.5 Å². The van der Waals surface area contributed by atoms with E-state index in [9.17, 15) is 9.59 Å². The normalized spacial score (nSPS) is 11.0. The Bertz CT molecular complexity index is 1500. The van der Waals surface area contributed by atoms with Gasteiger partial charge in [0.25, 0.3) is 11.5 Å². The monoisotopic (exact) mass is 441 g/mol. The van der Waals surface area contributed by atoms with Crippen LogP contribution in [0.1, 0.15) is 21.5 Å². The largest absolute Gasteiger partial charge is 0.348 e. The zero-order valence-corrected chi connectivity index (χ0v) is 18.0. The van der Waals surface area contributed by atoms with Gasteiger partial charge in [-0.15, -0.1) is 5.10 Å². The van der Waals surface area contributed by atoms with E-state index in [0.29, 0.717) is 38.8 Å². The van der Waals surface area contributed by atoms with Crippen LogP contribution in [0, 0.1) is 6.92 Å². The van der Waals surface area contributed by atoms with Gasteiger partial charge in [-0.1, -0.05) is 59.4 Å². The summed E-state index contributed by atoms with van der Waals surface area (Å²) in [6.07, 6.45) is 0. The van der Waals surface area contributed by atoms with Crippen molar-refractivity contribution in [2.75, 3.05) is 5.32 Å². The summed E-state index contributed by atoms with van der Waals surface area (Å²) in [5, 5.41) is 11.5. The third-order valence-electron chi connectivity index (χ3n) is 5.05. The van der Waals surface area contributed by atoms with Gasteiger partial charge >= 0.3 is 0 Å². The molecule has 0 saturated carbocycles. The molecule has 2 N–H and O–H groups in total. The number of anilines is 2. The Morgan fingerprint density at radius 2 is 1.84 bits per heavy atom. The Hall–Kier alpha value is -4.04. The van der Waals surface area contributed by atoms with Crippen molar-refractivity contribution in [3.8, 4) is 0 Å². The third kappa shape index (κ3) is 3.95. The molecule has 2 aromatic heterocycles. The fraction of sp³-hybridized carbons (Fsp3) is 0.0833. The maximum atomic E-state index is 12.7. The molecule has 0 unspecified atom stereocenters. The predicted molar refractivity (Wildman–Crippen MR) is 127 cm³/mol. The van der Waals surface area contributed by atoms with Gasteiger partial charge in [-0.25, -0.2) is 4.98 Å². The maximum Gasteiger partial charge on any atom is 0.283 e. The lowest BCUT2D eigenvalue weighted by atomic mass is 10.1. The van der Waals surface area contributed by atoms with Gasteiger partial charge in [0, 0.05) is 17.8 Å². The molecular weight excluding hydrogens is 422 g/mol. The average Bonchev–Trinajstić information content (AvgIpc) is 3.21. The molecule has 0 aliphatic heterocycles. The molecule has 8 heteroatoms. The van der Waals surface area contributed by atoms with E-state index < -0.39 is 0 Å². The van der Waals surface area contributed by atoms with Gasteiger partial charge in [-0.05, 0) is 42.8 Å². The van der Waals surface area contributed by atoms with Crippen LogP contribution in [0.25, 0.3) is 15.9 Å². The number of nitrogens with one attached hydrogen (secondary N) is 2. The number of amides is 1. The van der Waals surface area contributed by atoms with Crippen molar-refractivity contribution in [1.82, 2.24) is 19.9 Å². The number of nitrogens with zero attached hydrogens (tertiary/aromatic N) is 3. The Morgan fingerprint density at radius 1 is 1.03 bits per heavy atom. The van der Waals surface area contributed by atoms with Crippen molar-refractivity contribution in [3.05, 3.63) is 99.8 Å². The van der Waals surface area contributed by atoms with E-state index in [1.54, 1.807) is 30.3 Å². The number of rotatable bonds is 5. The number of carbonyl (C=O) groups excluding carboxylic acids is 1. The van der Waals surface area contributed by atoms with Crippen LogP contribution >= 0.6 is 11.3 Å². The van der Waals surface area contributed by atoms with Crippen LogP contribution in [0.2, 0.25) is 0 Å². The van der Waals surface area contributed by atoms with Crippen LogP contribution in [0.15, 0.2) is 77.6 Å². The molecule has 0 radical (unpaired) electrons. The molecule has 158 valence electrons. The Morgan fingerprint density at radius 3 is 2.69 bits per heavy atom. The Labute approximate surface area is 187 Å². The van der Waals surface area contributed by atoms with Crippen molar-refractivity contribution in [2.45, 2.75) is 13.5 Å². The molecule has 5 rings (SSSR count). The van der Waals surface area contributed by atoms with Crippen molar-refractivity contribution in [3.63, 3.8) is 0 Å². The summed E-state index contributed by atoms with van der Waals surface area (Å²) >= 11 is 1.27. The predicted octanol–water partition coefficient (Wildman–Crippen LogP) is 4.29. The van der Waals surface area contributed by atoms with E-state index >= 15 is 0 Å². The molecule has 1 amide bonds. The van der Waals surface area contributed by atoms with E-state index in [2.05, 4.69) is 20.7 Å². The molecule has 7 nitrogen and oxygen atoms in total. The van der Waals surface area contributed by atoms with Crippen LogP contribution in [-0.2, 0) is 6.54 Å². The fourth-order valence-electron chi connectivity index (χ4n) is 3.36. The smallest absolute Gasteiger partial charge is 0.283 e. The number of para-hydroxylation sites is 1. The molecule has 0 bridgehead atoms. The van der Waals surface area contributed by atoms with E-state index in [0.717, 1.165) is 5.56 Å². The van der Waals surface area contributed by atoms with Crippen molar-refractivity contribution >= 4 is 43.9 Å². The molecule has 5 aromatic rings. The highest BCUT2D eigenvalue weighted by molar-refractivity contribution is 7.20. The van der Waals surface area contributed by atoms with Gasteiger partial charge in [0.05, 0.1) is 10.9 Å². The lowest BCUT2D eigenvalue weighted by Crippen LogP contribution is -2.22. The summed E-state index contributed by atoms with van der Waals surface area (Å²) in [5.41, 5.74) is 3.88. The van der Waals surface area contributed by atoms with Gasteiger partial charge in [0.1, 0.15) is 0 Å². The average molecular weight is 442 g/mol. The van der Waals surface area contributed by atoms with E-state index in [1.807, 2.05) is 49.4 Å². The first-order valence-corrected chi connectivity index (χ1v) is 10.9. The highest BCUT2D eigenvalue weighted by Crippen LogP contribution is 2.23. The van der Waals surface area contributed by atoms with E-state index in [-0.39, 0.29) is 11.5 Å². The van der Waals surface area contributed by atoms with Gasteiger partial charge in [0.2, 0.25) is 10.1 Å². The lowest BCUT2D eigenvalue weighted by molar-refractivity contribution is 0.0951. The molecule has 3 aromatic carbocycles. The van der Waals surface area contributed by atoms with E-state index in [4.69, 9.17) is 0 Å². The molecule has 0 atom stereocenters. The second kappa shape index (κ2) is 8.24. The minimum atomic E-state index is -0.209. The number of aryl methyl sites for hydroxylation is 1. The molecule has 0 aliphatic rings. The number of hydrogen-bond acceptors (Lipinski definition) is 6. The molecule has 0 saturated heterocycles. The third-order valence-corrected chi connectivity index (χ3v) is 5.88. The summed E-state index contributed by atoms with van der Waals surface area (Å²) in [4.78, 5) is 30.3. The Kier molecular flexibility index (Phi) is 5.12. The summed E-state index contributed by atoms with van der Waals surface area (Å²) in [5.74, 6) is -0.164. The van der Waals surface area contributed by atoms with Crippen molar-refractivity contribution < 1.29 is 4.79 Å². The molecule has 0 spiro atoms. The molecular formula is C24H19N5O2S. The molecule has 0 fully saturated rings. The van der Waals surface area contributed by atoms with Crippen molar-refractivity contribution in [1.29, 1.82) is 0 Å². The fourth-order valence-corrected chi connectivity index (χ4v) is 4.18. The minimum Gasteiger partial charge on any atom is -0.348 e. The highest BCUT2D eigenvalue weighted by Gasteiger charge is 2.12. The zero-order chi connectivity index (χ0) is 22.1. The first-order valence-electron chi connectivity index (χ1n) is 10.1. The molecule has 2 heterocycles. The first kappa shape index (κ1) is 19.9. The number of fused-ring (bicyclic) bond motifs is 2. The van der Waals surface area contributed by atoms with Crippen molar-refractivity contribution in [2.24, 2.45) is 0 Å². The SMILES string of the molecule is Cc1ccc(CNC(=O)c2cccc(Nc3nn4c(=O)c5ccccc5nc4s3)c2)cc1. The topological polar surface area (TPSA) is 88.4 Å². The second-order valence-corrected chi connectivity index (χ2v) is 8.37. The van der Waals surface area contributed by atoms with E-state index in [1.165, 1.54) is 21.4 Å². The van der Waals surface area contributed by atoms with Gasteiger partial charge in [0.15, 0.2) is 0 Å². The number of carbonyl (C=O) groups is 1. The quantitative estimate of drug-likeness (QED) is 0.425. The summed E-state index contributed by atoms with van der Waals surface area (Å²) < 4.78 is 1.30. The number of aromatic nitrogens is 3. The summed E-state index contributed by atoms with van der Waals surface area (Å²) in [7, 11) is 0. The molecule has 0 aliphatic carbocycles. The summed E-state index contributed by atoms with van der Waals surface area (Å²) in [6.45, 7) is 2.48. The Balaban J connectivity index is 1.35. The first-order chi connectivity index (χ1) is 15.6. The van der Waals surface area contributed by atoms with Crippen LogP contribution in [0.4, 0.5) is 10.8 Å². The van der Waals surface area contributed by atoms with Gasteiger partial charge < -0.3 is 10.6 Å². The lowest BCUT2D eigenvalue weighted by Gasteiger charge is -2.08. The van der Waals surface area contributed by atoms with Gasteiger partial charge in [-0.3, -0.25) is 9.59 Å². The van der Waals surface area contributed by atoms with Crippen LogP contribution < -0.4 is 16.2 Å². The molecule has 32 heavy (non-hydrogen) atoms. The van der Waals surface area contributed by atoms with Gasteiger partial charge in [-0.2, -0.15) is 4.52 Å². The van der Waals surface area contributed by atoms with Crippen LogP contribution in [0.5, 0.6) is 0 Å². The number of benzene rings is 3.